The zero-order valence-electron chi connectivity index (χ0n) is 11.8. The highest BCUT2D eigenvalue weighted by atomic mass is 32.1. The van der Waals surface area contributed by atoms with Gasteiger partial charge in [0.1, 0.15) is 4.88 Å². The molecule has 2 N–H and O–H groups in total. The van der Waals surface area contributed by atoms with E-state index in [9.17, 15) is 9.90 Å². The number of carbonyl (C=O) groups is 1. The molecule has 1 aliphatic carbocycles. The number of carbonyl (C=O) groups excluding carboxylic acids is 1. The number of thiazole rings is 1. The lowest BCUT2D eigenvalue weighted by Crippen LogP contribution is -2.45. The van der Waals surface area contributed by atoms with E-state index in [1.165, 1.54) is 17.8 Å². The van der Waals surface area contributed by atoms with E-state index in [0.29, 0.717) is 17.3 Å². The highest BCUT2D eigenvalue weighted by Gasteiger charge is 2.33. The third kappa shape index (κ3) is 3.54. The summed E-state index contributed by atoms with van der Waals surface area (Å²) < 4.78 is 0. The van der Waals surface area contributed by atoms with Gasteiger partial charge in [-0.3, -0.25) is 4.79 Å². The van der Waals surface area contributed by atoms with Crippen LogP contribution in [0.5, 0.6) is 0 Å². The van der Waals surface area contributed by atoms with E-state index in [1.54, 1.807) is 0 Å². The minimum atomic E-state index is -0.735. The van der Waals surface area contributed by atoms with Gasteiger partial charge in [0.15, 0.2) is 0 Å². The van der Waals surface area contributed by atoms with Gasteiger partial charge in [0.25, 0.3) is 5.91 Å². The molecular formula is C14H22N2O2S. The Morgan fingerprint density at radius 1 is 1.58 bits per heavy atom. The van der Waals surface area contributed by atoms with Crippen LogP contribution in [0.15, 0.2) is 0 Å². The van der Waals surface area contributed by atoms with Gasteiger partial charge in [0.2, 0.25) is 0 Å². The smallest absolute Gasteiger partial charge is 0.263 e. The lowest BCUT2D eigenvalue weighted by Gasteiger charge is -2.35. The Morgan fingerprint density at radius 3 is 2.89 bits per heavy atom. The Hall–Kier alpha value is -0.940. The molecule has 1 aliphatic rings. The third-order valence-corrected chi connectivity index (χ3v) is 4.83. The minimum absolute atomic E-state index is 0.116. The Balaban J connectivity index is 1.95. The molecule has 0 aromatic carbocycles. The van der Waals surface area contributed by atoms with E-state index in [0.717, 1.165) is 30.0 Å². The fraction of sp³-hybridized carbons (Fsp3) is 0.714. The molecule has 1 heterocycles. The van der Waals surface area contributed by atoms with Crippen LogP contribution in [0.3, 0.4) is 0 Å². The van der Waals surface area contributed by atoms with Crippen LogP contribution in [0.1, 0.15) is 53.0 Å². The molecule has 1 saturated carbocycles. The first-order valence-electron chi connectivity index (χ1n) is 6.84. The molecule has 0 radical (unpaired) electrons. The molecule has 2 rings (SSSR count). The molecule has 1 amide bonds. The molecule has 1 aromatic rings. The van der Waals surface area contributed by atoms with Crippen molar-refractivity contribution in [2.24, 2.45) is 5.92 Å². The maximum Gasteiger partial charge on any atom is 0.263 e. The standard InChI is InChI=1S/C14H22N2O2S/c1-9-5-4-6-14(18,7-9)8-15-13(17)12-10(2)16-11(3)19-12/h9,18H,4-8H2,1-3H3,(H,15,17). The fourth-order valence-electron chi connectivity index (χ4n) is 2.86. The number of rotatable bonds is 3. The van der Waals surface area contributed by atoms with Gasteiger partial charge in [-0.1, -0.05) is 19.8 Å². The van der Waals surface area contributed by atoms with Crippen molar-refractivity contribution in [1.29, 1.82) is 0 Å². The molecular weight excluding hydrogens is 260 g/mol. The normalized spacial score (nSPS) is 27.3. The number of nitrogens with one attached hydrogen (secondary N) is 1. The van der Waals surface area contributed by atoms with Crippen molar-refractivity contribution < 1.29 is 9.90 Å². The molecule has 2 atom stereocenters. The molecule has 0 bridgehead atoms. The molecule has 19 heavy (non-hydrogen) atoms. The van der Waals surface area contributed by atoms with Gasteiger partial charge in [0.05, 0.1) is 16.3 Å². The Labute approximate surface area is 118 Å². The van der Waals surface area contributed by atoms with Crippen molar-refractivity contribution in [3.8, 4) is 0 Å². The number of nitrogens with zero attached hydrogens (tertiary/aromatic N) is 1. The van der Waals surface area contributed by atoms with Gasteiger partial charge in [0, 0.05) is 6.54 Å². The highest BCUT2D eigenvalue weighted by Crippen LogP contribution is 2.31. The van der Waals surface area contributed by atoms with Crippen LogP contribution < -0.4 is 5.32 Å². The largest absolute Gasteiger partial charge is 0.388 e. The molecule has 2 unspecified atom stereocenters. The zero-order valence-corrected chi connectivity index (χ0v) is 12.6. The summed E-state index contributed by atoms with van der Waals surface area (Å²) >= 11 is 1.40. The van der Waals surface area contributed by atoms with Gasteiger partial charge in [-0.05, 0) is 32.6 Å². The molecule has 0 saturated heterocycles. The monoisotopic (exact) mass is 282 g/mol. The van der Waals surface area contributed by atoms with Crippen molar-refractivity contribution >= 4 is 17.2 Å². The zero-order chi connectivity index (χ0) is 14.0. The molecule has 0 spiro atoms. The first-order chi connectivity index (χ1) is 8.89. The quantitative estimate of drug-likeness (QED) is 0.895. The number of hydrogen-bond acceptors (Lipinski definition) is 4. The number of aliphatic hydroxyl groups is 1. The van der Waals surface area contributed by atoms with Gasteiger partial charge >= 0.3 is 0 Å². The third-order valence-electron chi connectivity index (χ3n) is 3.76. The Kier molecular flexibility index (Phi) is 4.26. The number of amides is 1. The average molecular weight is 282 g/mol. The highest BCUT2D eigenvalue weighted by molar-refractivity contribution is 7.13. The predicted octanol–water partition coefficient (Wildman–Crippen LogP) is 2.43. The lowest BCUT2D eigenvalue weighted by molar-refractivity contribution is -0.0109. The fourth-order valence-corrected chi connectivity index (χ4v) is 3.70. The molecule has 1 aromatic heterocycles. The van der Waals surface area contributed by atoms with E-state index in [-0.39, 0.29) is 5.91 Å². The van der Waals surface area contributed by atoms with Gasteiger partial charge in [-0.15, -0.1) is 11.3 Å². The molecule has 106 valence electrons. The summed E-state index contributed by atoms with van der Waals surface area (Å²) in [6.07, 6.45) is 3.75. The van der Waals surface area contributed by atoms with Crippen molar-refractivity contribution in [1.82, 2.24) is 10.3 Å². The second-order valence-corrected chi connectivity index (χ2v) is 6.96. The van der Waals surface area contributed by atoms with Crippen molar-refractivity contribution in [2.75, 3.05) is 6.54 Å². The van der Waals surface area contributed by atoms with Gasteiger partial charge < -0.3 is 10.4 Å². The van der Waals surface area contributed by atoms with Crippen LogP contribution in [0.25, 0.3) is 0 Å². The van der Waals surface area contributed by atoms with E-state index in [4.69, 9.17) is 0 Å². The van der Waals surface area contributed by atoms with Crippen LogP contribution in [0.4, 0.5) is 0 Å². The maximum absolute atomic E-state index is 12.1. The molecule has 4 nitrogen and oxygen atoms in total. The molecule has 1 fully saturated rings. The van der Waals surface area contributed by atoms with Crippen molar-refractivity contribution in [2.45, 2.75) is 52.1 Å². The van der Waals surface area contributed by atoms with Crippen LogP contribution >= 0.6 is 11.3 Å². The van der Waals surface area contributed by atoms with Crippen molar-refractivity contribution in [3.63, 3.8) is 0 Å². The first-order valence-corrected chi connectivity index (χ1v) is 7.66. The predicted molar refractivity (Wildman–Crippen MR) is 76.5 cm³/mol. The Morgan fingerprint density at radius 2 is 2.32 bits per heavy atom. The topological polar surface area (TPSA) is 62.2 Å². The van der Waals surface area contributed by atoms with Gasteiger partial charge in [-0.25, -0.2) is 4.98 Å². The second kappa shape index (κ2) is 5.59. The number of aryl methyl sites for hydroxylation is 2. The van der Waals surface area contributed by atoms with Crippen LogP contribution in [-0.4, -0.2) is 28.1 Å². The summed E-state index contributed by atoms with van der Waals surface area (Å²) in [4.78, 5) is 17.0. The summed E-state index contributed by atoms with van der Waals surface area (Å²) in [5.41, 5.74) is 0.0324. The minimum Gasteiger partial charge on any atom is -0.388 e. The summed E-state index contributed by atoms with van der Waals surface area (Å²) in [5.74, 6) is 0.415. The summed E-state index contributed by atoms with van der Waals surface area (Å²) in [6, 6.07) is 0. The number of hydrogen-bond donors (Lipinski definition) is 2. The average Bonchev–Trinajstić information content (AvgIpc) is 2.65. The number of aromatic nitrogens is 1. The second-order valence-electron chi connectivity index (χ2n) is 5.76. The first kappa shape index (κ1) is 14.5. The van der Waals surface area contributed by atoms with Crippen LogP contribution in [-0.2, 0) is 0 Å². The Bertz CT molecular complexity index is 472. The van der Waals surface area contributed by atoms with Crippen LogP contribution in [0.2, 0.25) is 0 Å². The molecule has 5 heteroatoms. The SMILES string of the molecule is Cc1nc(C)c(C(=O)NCC2(O)CCCC(C)C2)s1. The van der Waals surface area contributed by atoms with E-state index in [1.807, 2.05) is 13.8 Å². The van der Waals surface area contributed by atoms with E-state index >= 15 is 0 Å². The van der Waals surface area contributed by atoms with E-state index < -0.39 is 5.60 Å². The summed E-state index contributed by atoms with van der Waals surface area (Å²) in [5, 5.41) is 14.2. The molecule has 0 aliphatic heterocycles. The van der Waals surface area contributed by atoms with Gasteiger partial charge in [-0.2, -0.15) is 0 Å². The summed E-state index contributed by atoms with van der Waals surface area (Å²) in [7, 11) is 0. The maximum atomic E-state index is 12.1. The van der Waals surface area contributed by atoms with Crippen molar-refractivity contribution in [3.05, 3.63) is 15.6 Å². The lowest BCUT2D eigenvalue weighted by atomic mass is 9.79. The summed E-state index contributed by atoms with van der Waals surface area (Å²) in [6.45, 7) is 6.23. The van der Waals surface area contributed by atoms with E-state index in [2.05, 4.69) is 17.2 Å². The van der Waals surface area contributed by atoms with Crippen LogP contribution in [0, 0.1) is 19.8 Å².